The quantitative estimate of drug-likeness (QED) is 0.589. The number of rotatable bonds is 3. The van der Waals surface area contributed by atoms with Gasteiger partial charge in [0.15, 0.2) is 0 Å². The molecule has 0 bridgehead atoms. The van der Waals surface area contributed by atoms with Crippen molar-refractivity contribution >= 4 is 11.9 Å². The third-order valence-electron chi connectivity index (χ3n) is 2.73. The van der Waals surface area contributed by atoms with Gasteiger partial charge in [0.2, 0.25) is 0 Å². The summed E-state index contributed by atoms with van der Waals surface area (Å²) in [5, 5.41) is 8.91. The van der Waals surface area contributed by atoms with Crippen LogP contribution in [0.2, 0.25) is 0 Å². The van der Waals surface area contributed by atoms with Crippen molar-refractivity contribution in [2.24, 2.45) is 17.8 Å². The zero-order valence-corrected chi connectivity index (χ0v) is 9.84. The Labute approximate surface area is 95.3 Å². The molecule has 1 aliphatic carbocycles. The van der Waals surface area contributed by atoms with Gasteiger partial charge < -0.3 is 9.84 Å². The van der Waals surface area contributed by atoms with Crippen molar-refractivity contribution in [3.63, 3.8) is 0 Å². The van der Waals surface area contributed by atoms with Crippen LogP contribution in [0.4, 0.5) is 0 Å². The summed E-state index contributed by atoms with van der Waals surface area (Å²) in [6, 6.07) is 0. The SMILES string of the molecule is CC(C)OC(=O)C1C=CC(C(=O)O)C(C)C1. The average Bonchev–Trinajstić information content (AvgIpc) is 2.15. The van der Waals surface area contributed by atoms with Crippen LogP contribution in [0, 0.1) is 17.8 Å². The zero-order valence-electron chi connectivity index (χ0n) is 9.84. The van der Waals surface area contributed by atoms with E-state index >= 15 is 0 Å². The number of esters is 1. The van der Waals surface area contributed by atoms with Gasteiger partial charge in [0.25, 0.3) is 0 Å². The summed E-state index contributed by atoms with van der Waals surface area (Å²) in [4.78, 5) is 22.5. The number of hydrogen-bond acceptors (Lipinski definition) is 3. The fourth-order valence-corrected chi connectivity index (χ4v) is 1.89. The van der Waals surface area contributed by atoms with Crippen molar-refractivity contribution in [2.45, 2.75) is 33.3 Å². The highest BCUT2D eigenvalue weighted by atomic mass is 16.5. The van der Waals surface area contributed by atoms with E-state index in [0.717, 1.165) is 0 Å². The highest BCUT2D eigenvalue weighted by Gasteiger charge is 2.31. The maximum atomic E-state index is 11.6. The lowest BCUT2D eigenvalue weighted by Crippen LogP contribution is -2.30. The molecule has 3 unspecified atom stereocenters. The van der Waals surface area contributed by atoms with E-state index in [1.54, 1.807) is 26.0 Å². The van der Waals surface area contributed by atoms with Crippen LogP contribution in [0.3, 0.4) is 0 Å². The largest absolute Gasteiger partial charge is 0.481 e. The van der Waals surface area contributed by atoms with Crippen molar-refractivity contribution < 1.29 is 19.4 Å². The summed E-state index contributed by atoms with van der Waals surface area (Å²) in [6.45, 7) is 5.44. The van der Waals surface area contributed by atoms with Gasteiger partial charge in [-0.3, -0.25) is 9.59 Å². The zero-order chi connectivity index (χ0) is 12.3. The predicted octanol–water partition coefficient (Wildman–Crippen LogP) is 1.85. The van der Waals surface area contributed by atoms with Gasteiger partial charge in [-0.25, -0.2) is 0 Å². The molecule has 0 aromatic heterocycles. The topological polar surface area (TPSA) is 63.6 Å². The van der Waals surface area contributed by atoms with E-state index < -0.39 is 11.9 Å². The van der Waals surface area contributed by atoms with Gasteiger partial charge in [0.05, 0.1) is 17.9 Å². The van der Waals surface area contributed by atoms with Crippen LogP contribution in [0.5, 0.6) is 0 Å². The molecule has 3 atom stereocenters. The Morgan fingerprint density at radius 3 is 2.44 bits per heavy atom. The smallest absolute Gasteiger partial charge is 0.313 e. The molecule has 0 saturated heterocycles. The molecule has 0 amide bonds. The molecule has 1 N–H and O–H groups in total. The molecule has 1 rings (SSSR count). The van der Waals surface area contributed by atoms with E-state index in [9.17, 15) is 9.59 Å². The molecule has 0 aromatic rings. The molecule has 0 aliphatic heterocycles. The van der Waals surface area contributed by atoms with E-state index in [1.165, 1.54) is 0 Å². The Balaban J connectivity index is 2.65. The summed E-state index contributed by atoms with van der Waals surface area (Å²) in [7, 11) is 0. The molecule has 0 saturated carbocycles. The first-order valence-electron chi connectivity index (χ1n) is 5.53. The molecular formula is C12H18O4. The second-order valence-electron chi connectivity index (χ2n) is 4.55. The van der Waals surface area contributed by atoms with Crippen molar-refractivity contribution in [3.8, 4) is 0 Å². The van der Waals surface area contributed by atoms with Crippen molar-refractivity contribution in [1.29, 1.82) is 0 Å². The van der Waals surface area contributed by atoms with E-state index in [4.69, 9.17) is 9.84 Å². The van der Waals surface area contributed by atoms with E-state index in [0.29, 0.717) is 6.42 Å². The van der Waals surface area contributed by atoms with E-state index in [2.05, 4.69) is 0 Å². The average molecular weight is 226 g/mol. The van der Waals surface area contributed by atoms with Gasteiger partial charge in [-0.05, 0) is 26.2 Å². The Morgan fingerprint density at radius 2 is 2.00 bits per heavy atom. The predicted molar refractivity (Wildman–Crippen MR) is 58.8 cm³/mol. The first-order chi connectivity index (χ1) is 7.41. The maximum absolute atomic E-state index is 11.6. The molecule has 0 spiro atoms. The van der Waals surface area contributed by atoms with E-state index in [-0.39, 0.29) is 23.9 Å². The van der Waals surface area contributed by atoms with Crippen molar-refractivity contribution in [2.75, 3.05) is 0 Å². The number of ether oxygens (including phenoxy) is 1. The third-order valence-corrected chi connectivity index (χ3v) is 2.73. The van der Waals surface area contributed by atoms with Crippen LogP contribution >= 0.6 is 0 Å². The molecule has 0 fully saturated rings. The molecule has 0 aromatic carbocycles. The van der Waals surface area contributed by atoms with Crippen LogP contribution in [-0.2, 0) is 14.3 Å². The number of hydrogen-bond donors (Lipinski definition) is 1. The molecule has 4 heteroatoms. The maximum Gasteiger partial charge on any atom is 0.313 e. The fraction of sp³-hybridized carbons (Fsp3) is 0.667. The fourth-order valence-electron chi connectivity index (χ4n) is 1.89. The monoisotopic (exact) mass is 226 g/mol. The Kier molecular flexibility index (Phi) is 4.10. The second-order valence-corrected chi connectivity index (χ2v) is 4.55. The minimum atomic E-state index is -0.834. The highest BCUT2D eigenvalue weighted by Crippen LogP contribution is 2.29. The summed E-state index contributed by atoms with van der Waals surface area (Å²) in [6.07, 6.45) is 3.67. The van der Waals surface area contributed by atoms with Crippen LogP contribution < -0.4 is 0 Å². The molecular weight excluding hydrogens is 208 g/mol. The van der Waals surface area contributed by atoms with Crippen molar-refractivity contribution in [3.05, 3.63) is 12.2 Å². The third kappa shape index (κ3) is 3.08. The first kappa shape index (κ1) is 12.7. The Hall–Kier alpha value is -1.32. The van der Waals surface area contributed by atoms with Gasteiger partial charge in [0.1, 0.15) is 0 Å². The number of aliphatic carboxylic acids is 1. The number of carboxylic acids is 1. The van der Waals surface area contributed by atoms with Crippen LogP contribution in [0.25, 0.3) is 0 Å². The van der Waals surface area contributed by atoms with Crippen molar-refractivity contribution in [1.82, 2.24) is 0 Å². The number of carbonyl (C=O) groups excluding carboxylic acids is 1. The summed E-state index contributed by atoms with van der Waals surface area (Å²) < 4.78 is 5.10. The van der Waals surface area contributed by atoms with E-state index in [1.807, 2.05) is 6.92 Å². The number of carbonyl (C=O) groups is 2. The molecule has 1 aliphatic rings. The summed E-state index contributed by atoms with van der Waals surface area (Å²) in [5.41, 5.74) is 0. The number of carboxylic acid groups (broad SMARTS) is 1. The van der Waals surface area contributed by atoms with Gasteiger partial charge >= 0.3 is 11.9 Å². The lowest BCUT2D eigenvalue weighted by Gasteiger charge is -2.26. The normalized spacial score (nSPS) is 29.1. The minimum absolute atomic E-state index is 0.0350. The standard InChI is InChI=1S/C12H18O4/c1-7(2)16-12(15)9-4-5-10(11(13)14)8(3)6-9/h4-5,7-10H,6H2,1-3H3,(H,13,14). The highest BCUT2D eigenvalue weighted by molar-refractivity contribution is 5.77. The van der Waals surface area contributed by atoms with Crippen LogP contribution in [0.1, 0.15) is 27.2 Å². The summed E-state index contributed by atoms with van der Waals surface area (Å²) >= 11 is 0. The lowest BCUT2D eigenvalue weighted by molar-refractivity contribution is -0.152. The van der Waals surface area contributed by atoms with Gasteiger partial charge in [-0.2, -0.15) is 0 Å². The van der Waals surface area contributed by atoms with Crippen LogP contribution in [0.15, 0.2) is 12.2 Å². The van der Waals surface area contributed by atoms with Gasteiger partial charge in [0, 0.05) is 0 Å². The Bertz CT molecular complexity index is 306. The lowest BCUT2D eigenvalue weighted by atomic mass is 9.80. The minimum Gasteiger partial charge on any atom is -0.481 e. The molecule has 0 radical (unpaired) electrons. The molecule has 0 heterocycles. The molecule has 16 heavy (non-hydrogen) atoms. The second kappa shape index (κ2) is 5.14. The Morgan fingerprint density at radius 1 is 1.38 bits per heavy atom. The molecule has 90 valence electrons. The molecule has 4 nitrogen and oxygen atoms in total. The van der Waals surface area contributed by atoms with Gasteiger partial charge in [-0.1, -0.05) is 19.1 Å². The van der Waals surface area contributed by atoms with Gasteiger partial charge in [-0.15, -0.1) is 0 Å². The first-order valence-corrected chi connectivity index (χ1v) is 5.53. The van der Waals surface area contributed by atoms with Crippen LogP contribution in [-0.4, -0.2) is 23.1 Å². The summed E-state index contributed by atoms with van der Waals surface area (Å²) in [5.74, 6) is -1.91.